The minimum absolute atomic E-state index is 0.0437. The summed E-state index contributed by atoms with van der Waals surface area (Å²) in [6.45, 7) is 7.91. The number of aryl methyl sites for hydroxylation is 2. The number of amides is 1. The fraction of sp³-hybridized carbons (Fsp3) is 0.417. The third-order valence-corrected chi connectivity index (χ3v) is 6.29. The van der Waals surface area contributed by atoms with Crippen molar-refractivity contribution in [3.8, 4) is 11.5 Å². The highest BCUT2D eigenvalue weighted by atomic mass is 32.1. The number of aromatic nitrogens is 4. The summed E-state index contributed by atoms with van der Waals surface area (Å²) >= 11 is 1.41. The molecule has 0 aliphatic rings. The summed E-state index contributed by atoms with van der Waals surface area (Å²) in [5, 5.41) is 13.4. The first-order valence-corrected chi connectivity index (χ1v) is 12.4. The van der Waals surface area contributed by atoms with Gasteiger partial charge in [0.1, 0.15) is 10.5 Å². The molecule has 0 fully saturated rings. The predicted octanol–water partition coefficient (Wildman–Crippen LogP) is 3.56. The number of rotatable bonds is 11. The first-order valence-electron chi connectivity index (χ1n) is 11.6. The number of carbonyl (C=O) groups is 1. The number of nitrogens with one attached hydrogen (secondary N) is 1. The fourth-order valence-electron chi connectivity index (χ4n) is 3.89. The van der Waals surface area contributed by atoms with Crippen molar-refractivity contribution in [1.82, 2.24) is 24.5 Å². The van der Waals surface area contributed by atoms with Crippen LogP contribution in [0.15, 0.2) is 34.4 Å². The maximum atomic E-state index is 12.8. The monoisotopic (exact) mass is 483 g/mol. The van der Waals surface area contributed by atoms with E-state index in [0.29, 0.717) is 60.5 Å². The Bertz CT molecular complexity index is 1360. The van der Waals surface area contributed by atoms with Crippen LogP contribution in [-0.4, -0.2) is 38.3 Å². The summed E-state index contributed by atoms with van der Waals surface area (Å²) in [5.41, 5.74) is 1.67. The highest BCUT2D eigenvalue weighted by molar-refractivity contribution is 7.17. The van der Waals surface area contributed by atoms with Crippen molar-refractivity contribution >= 4 is 33.2 Å². The van der Waals surface area contributed by atoms with Gasteiger partial charge in [-0.1, -0.05) is 13.0 Å². The van der Waals surface area contributed by atoms with Crippen LogP contribution >= 0.6 is 11.3 Å². The van der Waals surface area contributed by atoms with Gasteiger partial charge in [0.05, 0.1) is 18.7 Å². The molecule has 1 aromatic carbocycles. The first kappa shape index (κ1) is 23.7. The van der Waals surface area contributed by atoms with E-state index in [9.17, 15) is 9.59 Å². The molecule has 34 heavy (non-hydrogen) atoms. The maximum absolute atomic E-state index is 12.8. The Hall–Kier alpha value is -3.40. The first-order chi connectivity index (χ1) is 16.6. The molecule has 180 valence electrons. The molecule has 4 aromatic rings. The molecule has 4 rings (SSSR count). The number of hydrogen-bond donors (Lipinski definition) is 1. The van der Waals surface area contributed by atoms with Gasteiger partial charge in [-0.25, -0.2) is 0 Å². The number of ether oxygens (including phenoxy) is 2. The van der Waals surface area contributed by atoms with Gasteiger partial charge in [0, 0.05) is 25.9 Å². The van der Waals surface area contributed by atoms with E-state index in [1.165, 1.54) is 11.3 Å². The average molecular weight is 484 g/mol. The van der Waals surface area contributed by atoms with Crippen molar-refractivity contribution in [3.05, 3.63) is 51.4 Å². The van der Waals surface area contributed by atoms with Gasteiger partial charge in [0.15, 0.2) is 11.5 Å². The Kier molecular flexibility index (Phi) is 7.46. The van der Waals surface area contributed by atoms with Crippen molar-refractivity contribution < 1.29 is 14.3 Å². The van der Waals surface area contributed by atoms with Crippen molar-refractivity contribution in [1.29, 1.82) is 0 Å². The highest BCUT2D eigenvalue weighted by Crippen LogP contribution is 2.28. The second-order valence-corrected chi connectivity index (χ2v) is 8.68. The van der Waals surface area contributed by atoms with Gasteiger partial charge in [-0.05, 0) is 49.4 Å². The van der Waals surface area contributed by atoms with Crippen LogP contribution in [0.3, 0.4) is 0 Å². The lowest BCUT2D eigenvalue weighted by Gasteiger charge is -2.13. The van der Waals surface area contributed by atoms with Crippen LogP contribution in [0.25, 0.3) is 16.0 Å². The average Bonchev–Trinajstić information content (AvgIpc) is 3.48. The molecular weight excluding hydrogens is 454 g/mol. The smallest absolute Gasteiger partial charge is 0.272 e. The predicted molar refractivity (Wildman–Crippen MR) is 132 cm³/mol. The molecule has 0 bridgehead atoms. The molecule has 0 aliphatic carbocycles. The van der Waals surface area contributed by atoms with Gasteiger partial charge in [-0.15, -0.1) is 21.5 Å². The number of carbonyl (C=O) groups excluding carboxylic acids is 1. The lowest BCUT2D eigenvalue weighted by Crippen LogP contribution is -2.24. The van der Waals surface area contributed by atoms with E-state index >= 15 is 0 Å². The SMILES string of the molecule is CCCn1c(=O)c2sccc2n2c(CCC(=O)NCc3ccc(OCC)c(OCC)c3)nnc12. The van der Waals surface area contributed by atoms with Gasteiger partial charge in [-0.3, -0.25) is 18.6 Å². The van der Waals surface area contributed by atoms with Crippen LogP contribution in [0.1, 0.15) is 45.0 Å². The van der Waals surface area contributed by atoms with Crippen molar-refractivity contribution in [2.45, 2.75) is 53.1 Å². The summed E-state index contributed by atoms with van der Waals surface area (Å²) in [6, 6.07) is 7.57. The van der Waals surface area contributed by atoms with Gasteiger partial charge in [0.25, 0.3) is 5.56 Å². The Balaban J connectivity index is 1.46. The number of thiophene rings is 1. The van der Waals surface area contributed by atoms with E-state index in [1.807, 2.05) is 54.8 Å². The maximum Gasteiger partial charge on any atom is 0.272 e. The number of benzene rings is 1. The molecule has 0 spiro atoms. The molecule has 9 nitrogen and oxygen atoms in total. The second kappa shape index (κ2) is 10.7. The molecule has 3 heterocycles. The lowest BCUT2D eigenvalue weighted by molar-refractivity contribution is -0.121. The minimum atomic E-state index is -0.0907. The van der Waals surface area contributed by atoms with Crippen molar-refractivity contribution in [3.63, 3.8) is 0 Å². The van der Waals surface area contributed by atoms with Gasteiger partial charge < -0.3 is 14.8 Å². The zero-order valence-corrected chi connectivity index (χ0v) is 20.5. The summed E-state index contributed by atoms with van der Waals surface area (Å²) in [7, 11) is 0. The van der Waals surface area contributed by atoms with Crippen LogP contribution < -0.4 is 20.3 Å². The number of nitrogens with zero attached hydrogens (tertiary/aromatic N) is 4. The molecule has 3 aromatic heterocycles. The molecule has 0 saturated carbocycles. The quantitative estimate of drug-likeness (QED) is 0.350. The topological polar surface area (TPSA) is 99.8 Å². The van der Waals surface area contributed by atoms with Crippen LogP contribution in [-0.2, 0) is 24.3 Å². The molecule has 1 N–H and O–H groups in total. The van der Waals surface area contributed by atoms with Crippen LogP contribution in [0.2, 0.25) is 0 Å². The summed E-state index contributed by atoms with van der Waals surface area (Å²) < 4.78 is 15.5. The molecule has 10 heteroatoms. The Morgan fingerprint density at radius 3 is 2.65 bits per heavy atom. The minimum Gasteiger partial charge on any atom is -0.490 e. The lowest BCUT2D eigenvalue weighted by atomic mass is 10.2. The molecule has 0 unspecified atom stereocenters. The van der Waals surface area contributed by atoms with E-state index in [2.05, 4.69) is 15.5 Å². The van der Waals surface area contributed by atoms with Gasteiger partial charge in [-0.2, -0.15) is 0 Å². The normalized spacial score (nSPS) is 11.3. The Morgan fingerprint density at radius 1 is 1.09 bits per heavy atom. The zero-order chi connectivity index (χ0) is 24.1. The third kappa shape index (κ3) is 4.77. The molecule has 0 saturated heterocycles. The van der Waals surface area contributed by atoms with E-state index in [0.717, 1.165) is 17.5 Å². The largest absolute Gasteiger partial charge is 0.490 e. The van der Waals surface area contributed by atoms with Crippen molar-refractivity contribution in [2.24, 2.45) is 0 Å². The second-order valence-electron chi connectivity index (χ2n) is 7.77. The Morgan fingerprint density at radius 2 is 1.88 bits per heavy atom. The zero-order valence-electron chi connectivity index (χ0n) is 19.7. The fourth-order valence-corrected chi connectivity index (χ4v) is 4.71. The van der Waals surface area contributed by atoms with Gasteiger partial charge >= 0.3 is 0 Å². The molecule has 0 atom stereocenters. The van der Waals surface area contributed by atoms with Crippen LogP contribution in [0.5, 0.6) is 11.5 Å². The number of hydrogen-bond acceptors (Lipinski definition) is 7. The van der Waals surface area contributed by atoms with E-state index < -0.39 is 0 Å². The molecular formula is C24H29N5O4S. The molecule has 0 radical (unpaired) electrons. The molecule has 1 amide bonds. The highest BCUT2D eigenvalue weighted by Gasteiger charge is 2.17. The van der Waals surface area contributed by atoms with Crippen LogP contribution in [0, 0.1) is 0 Å². The van der Waals surface area contributed by atoms with E-state index in [1.54, 1.807) is 4.57 Å². The number of fused-ring (bicyclic) bond motifs is 3. The third-order valence-electron chi connectivity index (χ3n) is 5.40. The summed E-state index contributed by atoms with van der Waals surface area (Å²) in [4.78, 5) is 25.4. The van der Waals surface area contributed by atoms with E-state index in [-0.39, 0.29) is 17.9 Å². The van der Waals surface area contributed by atoms with Crippen LogP contribution in [0.4, 0.5) is 0 Å². The summed E-state index contributed by atoms with van der Waals surface area (Å²) in [6.07, 6.45) is 1.48. The van der Waals surface area contributed by atoms with Gasteiger partial charge in [0.2, 0.25) is 11.7 Å². The van der Waals surface area contributed by atoms with E-state index in [4.69, 9.17) is 9.47 Å². The van der Waals surface area contributed by atoms with Crippen molar-refractivity contribution in [2.75, 3.05) is 13.2 Å². The summed E-state index contributed by atoms with van der Waals surface area (Å²) in [5.74, 6) is 2.46. The molecule has 0 aliphatic heterocycles. The Labute approximate surface area is 201 Å². The standard InChI is InChI=1S/C24H29N5O4S/c1-4-12-28-23(31)22-17(11-13-34-22)29-20(26-27-24(28)29)9-10-21(30)25-15-16-7-8-18(32-5-2)19(14-16)33-6-3/h7-8,11,13-14H,4-6,9-10,12,15H2,1-3H3,(H,25,30).